The number of hydrogen-bond acceptors (Lipinski definition) is 3. The van der Waals surface area contributed by atoms with E-state index in [0.29, 0.717) is 18.9 Å². The summed E-state index contributed by atoms with van der Waals surface area (Å²) < 4.78 is 40.4. The molecule has 0 aromatic heterocycles. The van der Waals surface area contributed by atoms with E-state index in [9.17, 15) is 17.6 Å². The second-order valence-corrected chi connectivity index (χ2v) is 6.24. The van der Waals surface area contributed by atoms with Gasteiger partial charge in [-0.05, 0) is 37.5 Å². The average Bonchev–Trinajstić information content (AvgIpc) is 2.38. The summed E-state index contributed by atoms with van der Waals surface area (Å²) in [4.78, 5) is 10.2. The molecule has 2 rings (SSSR count). The number of benzene rings is 1. The summed E-state index contributed by atoms with van der Waals surface area (Å²) in [6.45, 7) is 0. The van der Waals surface area contributed by atoms with Crippen LogP contribution >= 0.6 is 0 Å². The molecule has 1 aliphatic rings. The van der Waals surface area contributed by atoms with Crippen LogP contribution in [-0.2, 0) is 10.0 Å². The fourth-order valence-corrected chi connectivity index (χ4v) is 3.38. The molecule has 108 valence electrons. The molecular weight excluding hydrogens is 285 g/mol. The number of carboxylic acid groups (broad SMARTS) is 1. The minimum Gasteiger partial charge on any atom is -0.478 e. The van der Waals surface area contributed by atoms with Crippen LogP contribution < -0.4 is 4.72 Å². The average molecular weight is 299 g/mol. The molecule has 1 aromatic carbocycles. The zero-order valence-corrected chi connectivity index (χ0v) is 11.4. The van der Waals surface area contributed by atoms with Gasteiger partial charge in [-0.15, -0.1) is 0 Å². The van der Waals surface area contributed by atoms with Gasteiger partial charge in [-0.3, -0.25) is 0 Å². The van der Waals surface area contributed by atoms with Gasteiger partial charge in [0.05, 0.1) is 5.56 Å². The van der Waals surface area contributed by atoms with Crippen molar-refractivity contribution in [1.29, 1.82) is 0 Å². The summed E-state index contributed by atoms with van der Waals surface area (Å²) in [5, 5.41) is 8.72. The Morgan fingerprint density at radius 1 is 1.35 bits per heavy atom. The first-order chi connectivity index (χ1) is 9.40. The number of nitrogens with one attached hydrogen (secondary N) is 1. The fraction of sp³-hybridized carbons (Fsp3) is 0.308. The van der Waals surface area contributed by atoms with Crippen LogP contribution in [0.1, 0.15) is 29.6 Å². The summed E-state index contributed by atoms with van der Waals surface area (Å²) in [5.74, 6) is -2.37. The molecule has 0 amide bonds. The third-order valence-corrected chi connectivity index (χ3v) is 4.61. The van der Waals surface area contributed by atoms with Gasteiger partial charge in [0.15, 0.2) is 0 Å². The predicted octanol–water partition coefficient (Wildman–Crippen LogP) is 1.91. The Kier molecular flexibility index (Phi) is 4.20. The van der Waals surface area contributed by atoms with Gasteiger partial charge >= 0.3 is 5.97 Å². The van der Waals surface area contributed by atoms with E-state index < -0.39 is 26.7 Å². The van der Waals surface area contributed by atoms with E-state index in [2.05, 4.69) is 4.72 Å². The molecule has 1 aromatic rings. The zero-order valence-electron chi connectivity index (χ0n) is 10.5. The first kappa shape index (κ1) is 14.7. The van der Waals surface area contributed by atoms with Crippen molar-refractivity contribution in [2.24, 2.45) is 0 Å². The topological polar surface area (TPSA) is 83.5 Å². The molecule has 1 aliphatic carbocycles. The van der Waals surface area contributed by atoms with Gasteiger partial charge in [0.25, 0.3) is 0 Å². The van der Waals surface area contributed by atoms with Crippen molar-refractivity contribution in [3.8, 4) is 0 Å². The Balaban J connectivity index is 2.25. The summed E-state index contributed by atoms with van der Waals surface area (Å²) in [5.41, 5.74) is -0.290. The molecule has 0 fully saturated rings. The summed E-state index contributed by atoms with van der Waals surface area (Å²) >= 11 is 0. The van der Waals surface area contributed by atoms with E-state index in [-0.39, 0.29) is 11.6 Å². The summed E-state index contributed by atoms with van der Waals surface area (Å²) in [6, 6.07) is 2.49. The molecular formula is C13H14FNO4S. The number of sulfonamides is 1. The van der Waals surface area contributed by atoms with Crippen molar-refractivity contribution in [1.82, 2.24) is 4.72 Å². The first-order valence-electron chi connectivity index (χ1n) is 6.10. The molecule has 2 N–H and O–H groups in total. The van der Waals surface area contributed by atoms with Crippen molar-refractivity contribution in [2.75, 3.05) is 0 Å². The number of hydrogen-bond donors (Lipinski definition) is 2. The normalized spacial score (nSPS) is 18.9. The summed E-state index contributed by atoms with van der Waals surface area (Å²) in [6.07, 6.45) is 5.83. The number of aromatic carboxylic acids is 1. The SMILES string of the molecule is O=C(O)c1ccc(S(=O)(=O)NC2CC=CCC2)c(F)c1. The number of rotatable bonds is 4. The molecule has 1 unspecified atom stereocenters. The molecule has 0 saturated carbocycles. The molecule has 0 spiro atoms. The van der Waals surface area contributed by atoms with Crippen molar-refractivity contribution >= 4 is 16.0 Å². The van der Waals surface area contributed by atoms with E-state index in [1.54, 1.807) is 0 Å². The second kappa shape index (κ2) is 5.72. The van der Waals surface area contributed by atoms with Gasteiger partial charge in [-0.1, -0.05) is 12.2 Å². The highest BCUT2D eigenvalue weighted by atomic mass is 32.2. The maximum absolute atomic E-state index is 13.8. The van der Waals surface area contributed by atoms with E-state index >= 15 is 0 Å². The lowest BCUT2D eigenvalue weighted by atomic mass is 10.0. The van der Waals surface area contributed by atoms with Crippen LogP contribution in [0, 0.1) is 5.82 Å². The van der Waals surface area contributed by atoms with Crippen LogP contribution in [-0.4, -0.2) is 25.5 Å². The Morgan fingerprint density at radius 3 is 2.65 bits per heavy atom. The smallest absolute Gasteiger partial charge is 0.335 e. The molecule has 1 atom stereocenters. The largest absolute Gasteiger partial charge is 0.478 e. The molecule has 5 nitrogen and oxygen atoms in total. The lowest BCUT2D eigenvalue weighted by molar-refractivity contribution is 0.0696. The van der Waals surface area contributed by atoms with Crippen LogP contribution in [0.15, 0.2) is 35.2 Å². The van der Waals surface area contributed by atoms with Crippen LogP contribution in [0.4, 0.5) is 4.39 Å². The van der Waals surface area contributed by atoms with Crippen molar-refractivity contribution in [3.05, 3.63) is 41.7 Å². The maximum Gasteiger partial charge on any atom is 0.335 e. The zero-order chi connectivity index (χ0) is 14.8. The molecule has 0 saturated heterocycles. The lowest BCUT2D eigenvalue weighted by Crippen LogP contribution is -2.35. The first-order valence-corrected chi connectivity index (χ1v) is 7.58. The van der Waals surface area contributed by atoms with Gasteiger partial charge in [-0.2, -0.15) is 0 Å². The molecule has 0 bridgehead atoms. The van der Waals surface area contributed by atoms with Crippen molar-refractivity contribution in [3.63, 3.8) is 0 Å². The van der Waals surface area contributed by atoms with Gasteiger partial charge in [0.2, 0.25) is 10.0 Å². The molecule has 0 heterocycles. The van der Waals surface area contributed by atoms with Gasteiger partial charge in [0, 0.05) is 6.04 Å². The summed E-state index contributed by atoms with van der Waals surface area (Å²) in [7, 11) is -3.98. The number of carbonyl (C=O) groups is 1. The van der Waals surface area contributed by atoms with E-state index in [1.165, 1.54) is 0 Å². The second-order valence-electron chi connectivity index (χ2n) is 4.55. The molecule has 0 aliphatic heterocycles. The highest BCUT2D eigenvalue weighted by Gasteiger charge is 2.24. The van der Waals surface area contributed by atoms with Crippen LogP contribution in [0.2, 0.25) is 0 Å². The maximum atomic E-state index is 13.8. The van der Waals surface area contributed by atoms with Crippen molar-refractivity contribution < 1.29 is 22.7 Å². The highest BCUT2D eigenvalue weighted by Crippen LogP contribution is 2.19. The van der Waals surface area contributed by atoms with Crippen molar-refractivity contribution in [2.45, 2.75) is 30.2 Å². The van der Waals surface area contributed by atoms with E-state index in [1.807, 2.05) is 12.2 Å². The Hall–Kier alpha value is -1.73. The van der Waals surface area contributed by atoms with Crippen LogP contribution in [0.3, 0.4) is 0 Å². The standard InChI is InChI=1S/C13H14FNO4S/c14-11-8-9(13(16)17)6-7-12(11)20(18,19)15-10-4-2-1-3-5-10/h1-2,6-8,10,15H,3-5H2,(H,16,17). The third-order valence-electron chi connectivity index (χ3n) is 3.06. The van der Waals surface area contributed by atoms with Gasteiger partial charge < -0.3 is 5.11 Å². The quantitative estimate of drug-likeness (QED) is 0.832. The predicted molar refractivity (Wildman–Crippen MR) is 70.5 cm³/mol. The highest BCUT2D eigenvalue weighted by molar-refractivity contribution is 7.89. The molecule has 7 heteroatoms. The Labute approximate surface area is 116 Å². The Morgan fingerprint density at radius 2 is 2.10 bits per heavy atom. The number of allylic oxidation sites excluding steroid dienone is 1. The van der Waals surface area contributed by atoms with E-state index in [4.69, 9.17) is 5.11 Å². The lowest BCUT2D eigenvalue weighted by Gasteiger charge is -2.19. The fourth-order valence-electron chi connectivity index (χ4n) is 2.04. The van der Waals surface area contributed by atoms with Gasteiger partial charge in [-0.25, -0.2) is 22.3 Å². The molecule has 0 radical (unpaired) electrons. The molecule has 20 heavy (non-hydrogen) atoms. The van der Waals surface area contributed by atoms with Crippen LogP contribution in [0.25, 0.3) is 0 Å². The minimum atomic E-state index is -3.98. The monoisotopic (exact) mass is 299 g/mol. The Bertz CT molecular complexity index is 654. The number of halogens is 1. The number of carboxylic acids is 1. The van der Waals surface area contributed by atoms with E-state index in [0.717, 1.165) is 18.6 Å². The minimum absolute atomic E-state index is 0.261. The van der Waals surface area contributed by atoms with Crippen LogP contribution in [0.5, 0.6) is 0 Å². The third kappa shape index (κ3) is 3.23. The van der Waals surface area contributed by atoms with Gasteiger partial charge in [0.1, 0.15) is 10.7 Å².